The van der Waals surface area contributed by atoms with Gasteiger partial charge in [-0.05, 0) is 32.1 Å². The summed E-state index contributed by atoms with van der Waals surface area (Å²) >= 11 is 0. The lowest BCUT2D eigenvalue weighted by molar-refractivity contribution is -0.130. The van der Waals surface area contributed by atoms with E-state index in [1.54, 1.807) is 7.11 Å². The highest BCUT2D eigenvalue weighted by Crippen LogP contribution is 2.06. The number of carbonyl (C=O) groups excluding carboxylic acids is 4. The van der Waals surface area contributed by atoms with Crippen molar-refractivity contribution < 1.29 is 57.1 Å². The number of hydrogen-bond donors (Lipinski definition) is 4. The lowest BCUT2D eigenvalue weighted by Crippen LogP contribution is -2.50. The topological polar surface area (TPSA) is 204 Å². The first-order chi connectivity index (χ1) is 23.7. The van der Waals surface area contributed by atoms with Gasteiger partial charge in [0.25, 0.3) is 0 Å². The minimum atomic E-state index is -0.700. The number of amides is 4. The Kier molecular flexibility index (Phi) is 32.3. The molecule has 0 aromatic carbocycles. The van der Waals surface area contributed by atoms with E-state index in [1.165, 1.54) is 0 Å². The summed E-state index contributed by atoms with van der Waals surface area (Å²) in [7, 11) is 1.63. The van der Waals surface area contributed by atoms with Crippen LogP contribution in [0, 0.1) is 5.92 Å². The Labute approximate surface area is 292 Å². The SMILES string of the molecule is COCCOCCOCCOCCOCCOCCOCCOCCC(=O)NC(CCCCNC(=O)CCC(N)=O)C(=O)NC(C)C(C)C. The Hall–Kier alpha value is -2.44. The Bertz CT molecular complexity index is 837. The third kappa shape index (κ3) is 32.5. The van der Waals surface area contributed by atoms with Gasteiger partial charge in [-0.25, -0.2) is 0 Å². The summed E-state index contributed by atoms with van der Waals surface area (Å²) in [6.45, 7) is 13.1. The first kappa shape index (κ1) is 46.6. The van der Waals surface area contributed by atoms with Crippen LogP contribution in [-0.2, 0) is 57.1 Å². The number of rotatable bonds is 36. The van der Waals surface area contributed by atoms with Crippen molar-refractivity contribution in [3.8, 4) is 0 Å². The molecule has 0 rings (SSSR count). The number of nitrogens with two attached hydrogens (primary N) is 1. The minimum absolute atomic E-state index is 0.000645. The molecule has 0 aromatic rings. The van der Waals surface area contributed by atoms with Gasteiger partial charge in [-0.2, -0.15) is 0 Å². The Morgan fingerprint density at radius 2 is 1.00 bits per heavy atom. The minimum Gasteiger partial charge on any atom is -0.382 e. The number of unbranched alkanes of at least 4 members (excludes halogenated alkanes) is 1. The molecule has 288 valence electrons. The highest BCUT2D eigenvalue weighted by molar-refractivity contribution is 5.87. The van der Waals surface area contributed by atoms with Crippen molar-refractivity contribution in [2.75, 3.05) is 113 Å². The third-order valence-electron chi connectivity index (χ3n) is 7.00. The van der Waals surface area contributed by atoms with Gasteiger partial charge in [0.05, 0.1) is 99.1 Å². The third-order valence-corrected chi connectivity index (χ3v) is 7.00. The van der Waals surface area contributed by atoms with E-state index in [-0.39, 0.29) is 55.6 Å². The first-order valence-electron chi connectivity index (χ1n) is 17.3. The average molecular weight is 709 g/mol. The van der Waals surface area contributed by atoms with Gasteiger partial charge in [-0.15, -0.1) is 0 Å². The largest absolute Gasteiger partial charge is 0.382 e. The summed E-state index contributed by atoms with van der Waals surface area (Å²) in [5.41, 5.74) is 5.06. The van der Waals surface area contributed by atoms with Crippen LogP contribution < -0.4 is 21.7 Å². The molecule has 0 aliphatic heterocycles. The van der Waals surface area contributed by atoms with E-state index in [1.807, 2.05) is 20.8 Å². The summed E-state index contributed by atoms with van der Waals surface area (Å²) in [5.74, 6) is -1.07. The summed E-state index contributed by atoms with van der Waals surface area (Å²) in [4.78, 5) is 48.0. The number of nitrogens with one attached hydrogen (secondary N) is 3. The van der Waals surface area contributed by atoms with Gasteiger partial charge in [0, 0.05) is 39.0 Å². The molecule has 16 nitrogen and oxygen atoms in total. The maximum absolute atomic E-state index is 12.9. The molecule has 0 fully saturated rings. The summed E-state index contributed by atoms with van der Waals surface area (Å²) < 4.78 is 42.9. The predicted molar refractivity (Wildman–Crippen MR) is 182 cm³/mol. The Morgan fingerprint density at radius 1 is 0.551 bits per heavy atom. The van der Waals surface area contributed by atoms with Crippen molar-refractivity contribution in [3.63, 3.8) is 0 Å². The summed E-state index contributed by atoms with van der Waals surface area (Å²) in [5, 5.41) is 8.50. The standard InChI is InChI=1S/C33H64N4O12/c1-27(2)28(3)36-33(41)29(7-5-6-11-35-31(39)9-8-30(34)38)37-32(40)10-12-43-15-16-45-19-20-47-23-24-49-26-25-48-22-21-46-18-17-44-14-13-42-4/h27-29H,5-26H2,1-4H3,(H2,34,38)(H,35,39)(H,36,41)(H,37,40). The monoisotopic (exact) mass is 708 g/mol. The van der Waals surface area contributed by atoms with Crippen LogP contribution in [0.15, 0.2) is 0 Å². The molecule has 4 amide bonds. The van der Waals surface area contributed by atoms with Crippen LogP contribution in [-0.4, -0.2) is 148 Å². The van der Waals surface area contributed by atoms with Gasteiger partial charge in [0.1, 0.15) is 6.04 Å². The molecule has 16 heteroatoms. The smallest absolute Gasteiger partial charge is 0.242 e. The number of carbonyl (C=O) groups is 4. The lowest BCUT2D eigenvalue weighted by atomic mass is 10.0. The summed E-state index contributed by atoms with van der Waals surface area (Å²) in [6, 6.07) is -0.752. The van der Waals surface area contributed by atoms with Crippen molar-refractivity contribution >= 4 is 23.6 Å². The van der Waals surface area contributed by atoms with Gasteiger partial charge in [-0.3, -0.25) is 19.2 Å². The highest BCUT2D eigenvalue weighted by atomic mass is 16.6. The Morgan fingerprint density at radius 3 is 1.43 bits per heavy atom. The van der Waals surface area contributed by atoms with Crippen LogP contribution in [0.2, 0.25) is 0 Å². The number of primary amides is 1. The second-order valence-corrected chi connectivity index (χ2v) is 11.5. The van der Waals surface area contributed by atoms with Gasteiger partial charge in [-0.1, -0.05) is 13.8 Å². The molecule has 0 radical (unpaired) electrons. The molecule has 49 heavy (non-hydrogen) atoms. The molecule has 5 N–H and O–H groups in total. The van der Waals surface area contributed by atoms with Crippen molar-refractivity contribution in [2.24, 2.45) is 11.7 Å². The zero-order chi connectivity index (χ0) is 36.4. The van der Waals surface area contributed by atoms with E-state index < -0.39 is 11.9 Å². The van der Waals surface area contributed by atoms with Crippen LogP contribution in [0.3, 0.4) is 0 Å². The first-order valence-corrected chi connectivity index (χ1v) is 17.3. The van der Waals surface area contributed by atoms with Crippen LogP contribution >= 0.6 is 0 Å². The second-order valence-electron chi connectivity index (χ2n) is 11.5. The fourth-order valence-electron chi connectivity index (χ4n) is 3.78. The van der Waals surface area contributed by atoms with E-state index in [0.29, 0.717) is 118 Å². The normalized spacial score (nSPS) is 12.5. The van der Waals surface area contributed by atoms with Crippen LogP contribution in [0.4, 0.5) is 0 Å². The average Bonchev–Trinajstić information content (AvgIpc) is 3.06. The quantitative estimate of drug-likeness (QED) is 0.0651. The molecule has 0 heterocycles. The molecule has 0 saturated carbocycles. The summed E-state index contributed by atoms with van der Waals surface area (Å²) in [6.07, 6.45) is 1.79. The maximum Gasteiger partial charge on any atom is 0.242 e. The lowest BCUT2D eigenvalue weighted by Gasteiger charge is -2.23. The van der Waals surface area contributed by atoms with Crippen LogP contribution in [0.25, 0.3) is 0 Å². The molecular formula is C33H64N4O12. The molecule has 0 aliphatic carbocycles. The van der Waals surface area contributed by atoms with Crippen molar-refractivity contribution in [2.45, 2.75) is 71.4 Å². The fraction of sp³-hybridized carbons (Fsp3) is 0.879. The van der Waals surface area contributed by atoms with Gasteiger partial charge >= 0.3 is 0 Å². The molecule has 0 aromatic heterocycles. The zero-order valence-electron chi connectivity index (χ0n) is 30.3. The highest BCUT2D eigenvalue weighted by Gasteiger charge is 2.22. The molecule has 2 unspecified atom stereocenters. The predicted octanol–water partition coefficient (Wildman–Crippen LogP) is 0.337. The molecule has 2 atom stereocenters. The molecule has 0 aliphatic rings. The van der Waals surface area contributed by atoms with E-state index >= 15 is 0 Å². The molecule has 0 saturated heterocycles. The van der Waals surface area contributed by atoms with Crippen molar-refractivity contribution in [3.05, 3.63) is 0 Å². The number of ether oxygens (including phenoxy) is 8. The Balaban J connectivity index is 3.86. The van der Waals surface area contributed by atoms with E-state index in [9.17, 15) is 19.2 Å². The molecule has 0 spiro atoms. The number of methoxy groups -OCH3 is 1. The van der Waals surface area contributed by atoms with Crippen LogP contribution in [0.5, 0.6) is 0 Å². The van der Waals surface area contributed by atoms with Crippen LogP contribution in [0.1, 0.15) is 59.3 Å². The van der Waals surface area contributed by atoms with Crippen molar-refractivity contribution in [1.29, 1.82) is 0 Å². The van der Waals surface area contributed by atoms with E-state index in [4.69, 9.17) is 43.6 Å². The van der Waals surface area contributed by atoms with Crippen molar-refractivity contribution in [1.82, 2.24) is 16.0 Å². The van der Waals surface area contributed by atoms with Gasteiger partial charge in [0.15, 0.2) is 0 Å². The number of hydrogen-bond acceptors (Lipinski definition) is 12. The maximum atomic E-state index is 12.9. The van der Waals surface area contributed by atoms with E-state index in [0.717, 1.165) is 0 Å². The fourth-order valence-corrected chi connectivity index (χ4v) is 3.78. The second kappa shape index (κ2) is 34.0. The van der Waals surface area contributed by atoms with E-state index in [2.05, 4.69) is 16.0 Å². The van der Waals surface area contributed by atoms with Gasteiger partial charge < -0.3 is 59.6 Å². The van der Waals surface area contributed by atoms with Gasteiger partial charge in [0.2, 0.25) is 23.6 Å². The molecular weight excluding hydrogens is 644 g/mol. The zero-order valence-corrected chi connectivity index (χ0v) is 30.3. The molecule has 0 bridgehead atoms.